The van der Waals surface area contributed by atoms with E-state index < -0.39 is 5.54 Å². The van der Waals surface area contributed by atoms with E-state index in [4.69, 9.17) is 10.7 Å². The van der Waals surface area contributed by atoms with Crippen molar-refractivity contribution in [2.24, 2.45) is 22.6 Å². The molecule has 2 aliphatic heterocycles. The Morgan fingerprint density at radius 3 is 2.60 bits per heavy atom. The lowest BCUT2D eigenvalue weighted by molar-refractivity contribution is -0.136. The van der Waals surface area contributed by atoms with Crippen LogP contribution in [-0.4, -0.2) is 46.9 Å². The third kappa shape index (κ3) is 4.15. The summed E-state index contributed by atoms with van der Waals surface area (Å²) < 4.78 is 0. The summed E-state index contributed by atoms with van der Waals surface area (Å²) in [5.74, 6) is 0.807. The van der Waals surface area contributed by atoms with Crippen LogP contribution in [0.2, 0.25) is 0 Å². The summed E-state index contributed by atoms with van der Waals surface area (Å²) in [5, 5.41) is 11.3. The second-order valence-electron chi connectivity index (χ2n) is 9.26. The molecule has 0 saturated carbocycles. The molecule has 1 saturated heterocycles. The number of rotatable bonds is 4. The number of nitrogens with zero attached hydrogens (tertiary/aromatic N) is 6. The highest BCUT2D eigenvalue weighted by atomic mass is 32.1. The predicted octanol–water partition coefficient (Wildman–Crippen LogP) is 3.61. The fourth-order valence-electron chi connectivity index (χ4n) is 5.22. The molecule has 2 aliphatic rings. The Balaban J connectivity index is 1.46. The summed E-state index contributed by atoms with van der Waals surface area (Å²) in [6, 6.07) is 13.7. The zero-order chi connectivity index (χ0) is 24.6. The minimum absolute atomic E-state index is 0.0100. The maximum absolute atomic E-state index is 13.6. The van der Waals surface area contributed by atoms with Crippen LogP contribution in [0.5, 0.6) is 0 Å². The molecule has 1 amide bonds. The van der Waals surface area contributed by atoms with Crippen LogP contribution >= 0.6 is 11.3 Å². The maximum atomic E-state index is 13.6. The summed E-state index contributed by atoms with van der Waals surface area (Å²) in [7, 11) is 1.70. The number of nitrogens with two attached hydrogens (primary N) is 1. The van der Waals surface area contributed by atoms with Crippen LogP contribution in [0.1, 0.15) is 30.2 Å². The number of hydrogen-bond donors (Lipinski definition) is 1. The molecule has 0 bridgehead atoms. The van der Waals surface area contributed by atoms with Crippen LogP contribution in [0.15, 0.2) is 59.2 Å². The monoisotopic (exact) mass is 485 g/mol. The molecule has 0 spiro atoms. The lowest BCUT2D eigenvalue weighted by Crippen LogP contribution is -2.57. The lowest BCUT2D eigenvalue weighted by atomic mass is 9.70. The number of amides is 1. The average molecular weight is 486 g/mol. The van der Waals surface area contributed by atoms with Gasteiger partial charge in [0.15, 0.2) is 5.96 Å². The Labute approximate surface area is 208 Å². The van der Waals surface area contributed by atoms with Gasteiger partial charge in [0, 0.05) is 37.4 Å². The van der Waals surface area contributed by atoms with Crippen molar-refractivity contribution in [2.45, 2.75) is 25.3 Å². The molecule has 35 heavy (non-hydrogen) atoms. The molecule has 1 aromatic carbocycles. The van der Waals surface area contributed by atoms with Crippen LogP contribution in [-0.2, 0) is 10.3 Å². The summed E-state index contributed by atoms with van der Waals surface area (Å²) in [4.78, 5) is 32.0. The van der Waals surface area contributed by atoms with Gasteiger partial charge in [0.05, 0.1) is 17.6 Å². The van der Waals surface area contributed by atoms with Crippen molar-refractivity contribution in [1.29, 1.82) is 5.26 Å². The van der Waals surface area contributed by atoms with Gasteiger partial charge < -0.3 is 10.6 Å². The van der Waals surface area contributed by atoms with Crippen LogP contribution in [0.4, 0.5) is 5.95 Å². The minimum Gasteiger partial charge on any atom is -0.369 e. The molecular weight excluding hydrogens is 458 g/mol. The highest BCUT2D eigenvalue weighted by Gasteiger charge is 2.51. The van der Waals surface area contributed by atoms with Crippen LogP contribution in [0.25, 0.3) is 11.1 Å². The molecule has 5 rings (SSSR count). The van der Waals surface area contributed by atoms with Gasteiger partial charge in [-0.15, -0.1) is 11.3 Å². The highest BCUT2D eigenvalue weighted by molar-refractivity contribution is 7.10. The van der Waals surface area contributed by atoms with Crippen molar-refractivity contribution < 1.29 is 4.79 Å². The van der Waals surface area contributed by atoms with Gasteiger partial charge in [0.25, 0.3) is 0 Å². The molecule has 3 aromatic rings. The topological polar surface area (TPSA) is 112 Å². The summed E-state index contributed by atoms with van der Waals surface area (Å²) >= 11 is 1.59. The summed E-state index contributed by atoms with van der Waals surface area (Å²) in [6.45, 7) is 3.60. The van der Waals surface area contributed by atoms with Gasteiger partial charge in [0.2, 0.25) is 11.9 Å². The van der Waals surface area contributed by atoms with Crippen molar-refractivity contribution in [3.05, 3.63) is 64.6 Å². The smallest absolute Gasteiger partial charge is 0.235 e. The molecule has 1 fully saturated rings. The van der Waals surface area contributed by atoms with Crippen molar-refractivity contribution in [3.63, 3.8) is 0 Å². The normalized spacial score (nSPS) is 23.2. The van der Waals surface area contributed by atoms with E-state index in [0.29, 0.717) is 5.56 Å². The first kappa shape index (κ1) is 23.0. The van der Waals surface area contributed by atoms with E-state index in [1.54, 1.807) is 36.8 Å². The third-order valence-electron chi connectivity index (χ3n) is 7.16. The van der Waals surface area contributed by atoms with Gasteiger partial charge in [-0.25, -0.2) is 15.0 Å². The third-order valence-corrected chi connectivity index (χ3v) is 8.32. The molecule has 2 aromatic heterocycles. The second kappa shape index (κ2) is 9.12. The van der Waals surface area contributed by atoms with Gasteiger partial charge in [-0.05, 0) is 66.5 Å². The summed E-state index contributed by atoms with van der Waals surface area (Å²) in [6.07, 6.45) is 5.19. The molecule has 0 radical (unpaired) electrons. The van der Waals surface area contributed by atoms with E-state index in [1.807, 2.05) is 31.2 Å². The van der Waals surface area contributed by atoms with E-state index in [-0.39, 0.29) is 23.7 Å². The second-order valence-corrected chi connectivity index (χ2v) is 10.2. The number of guanidine groups is 1. The van der Waals surface area contributed by atoms with Crippen LogP contribution in [0, 0.1) is 23.2 Å². The van der Waals surface area contributed by atoms with E-state index >= 15 is 0 Å². The van der Waals surface area contributed by atoms with Crippen LogP contribution in [0.3, 0.4) is 0 Å². The Bertz CT molecular complexity index is 1310. The zero-order valence-corrected chi connectivity index (χ0v) is 20.6. The number of aliphatic imine (C=N–C) groups is 1. The van der Waals surface area contributed by atoms with Crippen molar-refractivity contribution in [2.75, 3.05) is 25.0 Å². The average Bonchev–Trinajstić information content (AvgIpc) is 3.40. The van der Waals surface area contributed by atoms with Crippen molar-refractivity contribution >= 4 is 29.2 Å². The van der Waals surface area contributed by atoms with Gasteiger partial charge in [-0.3, -0.25) is 9.69 Å². The van der Waals surface area contributed by atoms with Gasteiger partial charge in [-0.2, -0.15) is 5.26 Å². The Hall–Kier alpha value is -3.77. The number of piperidine rings is 1. The Kier molecular flexibility index (Phi) is 5.99. The molecule has 8 nitrogen and oxygen atoms in total. The van der Waals surface area contributed by atoms with E-state index in [2.05, 4.69) is 32.4 Å². The standard InChI is InChI=1S/C26H27N7OS/c1-26(21-14-20(16-35-21)19-6-3-5-17(13-19)15-27)22(23(34)32(2)24(28)31-26)18-7-11-33(12-8-18)25-29-9-4-10-30-25/h3-6,9-10,13-14,16,18,22H,7-8,11-12H2,1-2H3,(H2,28,31)/t22-,26+/m0/s1. The Morgan fingerprint density at radius 1 is 1.14 bits per heavy atom. The lowest BCUT2D eigenvalue weighted by Gasteiger charge is -2.45. The molecule has 9 heteroatoms. The van der Waals surface area contributed by atoms with Crippen molar-refractivity contribution in [3.8, 4) is 17.2 Å². The molecule has 4 heterocycles. The maximum Gasteiger partial charge on any atom is 0.235 e. The van der Waals surface area contributed by atoms with Gasteiger partial charge in [0.1, 0.15) is 5.54 Å². The van der Waals surface area contributed by atoms with Crippen molar-refractivity contribution in [1.82, 2.24) is 14.9 Å². The van der Waals surface area contributed by atoms with E-state index in [0.717, 1.165) is 47.9 Å². The molecule has 2 atom stereocenters. The van der Waals surface area contributed by atoms with E-state index in [1.165, 1.54) is 4.90 Å². The predicted molar refractivity (Wildman–Crippen MR) is 137 cm³/mol. The number of carbonyl (C=O) groups excluding carboxylic acids is 1. The molecule has 2 N–H and O–H groups in total. The van der Waals surface area contributed by atoms with Gasteiger partial charge in [-0.1, -0.05) is 12.1 Å². The fraction of sp³-hybridized carbons (Fsp3) is 0.346. The molecule has 0 unspecified atom stereocenters. The Morgan fingerprint density at radius 2 is 1.89 bits per heavy atom. The zero-order valence-electron chi connectivity index (χ0n) is 19.8. The first-order valence-corrected chi connectivity index (χ1v) is 12.5. The minimum atomic E-state index is -0.764. The number of thiophene rings is 1. The largest absolute Gasteiger partial charge is 0.369 e. The molecule has 0 aliphatic carbocycles. The number of carbonyl (C=O) groups is 1. The number of benzene rings is 1. The van der Waals surface area contributed by atoms with Crippen LogP contribution < -0.4 is 10.6 Å². The van der Waals surface area contributed by atoms with Gasteiger partial charge >= 0.3 is 0 Å². The number of hydrogen-bond acceptors (Lipinski definition) is 8. The fourth-order valence-corrected chi connectivity index (χ4v) is 6.29. The molecule has 178 valence electrons. The SMILES string of the molecule is CN1C(=O)[C@H](C2CCN(c3ncccn3)CC2)[C@@](C)(c2cc(-c3cccc(C#N)c3)cs2)N=C1N. The molecular formula is C26H27N7OS. The summed E-state index contributed by atoms with van der Waals surface area (Å²) in [5.41, 5.74) is 8.06. The highest BCUT2D eigenvalue weighted by Crippen LogP contribution is 2.47. The quantitative estimate of drug-likeness (QED) is 0.604. The number of aromatic nitrogens is 2. The number of anilines is 1. The number of nitriles is 1. The first-order chi connectivity index (χ1) is 16.9. The van der Waals surface area contributed by atoms with E-state index in [9.17, 15) is 10.1 Å². The first-order valence-electron chi connectivity index (χ1n) is 11.6.